The monoisotopic (exact) mass is 705 g/mol. The Hall–Kier alpha value is -3.85. The molecule has 1 aliphatic rings. The molecule has 0 bridgehead atoms. The number of carbonyl (C=O) groups is 2. The van der Waals surface area contributed by atoms with Gasteiger partial charge in [0, 0.05) is 34.6 Å². The number of aryl methyl sites for hydroxylation is 2. The summed E-state index contributed by atoms with van der Waals surface area (Å²) in [6.45, 7) is 3.11. The van der Waals surface area contributed by atoms with Crippen LogP contribution in [0.3, 0.4) is 0 Å². The topological polar surface area (TPSA) is 86.8 Å². The molecule has 4 aromatic carbocycles. The molecule has 0 spiro atoms. The van der Waals surface area contributed by atoms with Crippen molar-refractivity contribution in [2.75, 3.05) is 10.8 Å². The highest BCUT2D eigenvalue weighted by Crippen LogP contribution is 2.30. The molecule has 1 N–H and O–H groups in total. The molecule has 1 atom stereocenters. The Balaban J connectivity index is 1.60. The third kappa shape index (κ3) is 8.78. The summed E-state index contributed by atoms with van der Waals surface area (Å²) in [5.74, 6) is -0.865. The zero-order chi connectivity index (χ0) is 34.3. The number of nitrogens with one attached hydrogen (secondary N) is 1. The minimum Gasteiger partial charge on any atom is -0.352 e. The number of carbonyl (C=O) groups excluding carboxylic acids is 2. The van der Waals surface area contributed by atoms with E-state index in [9.17, 15) is 18.0 Å². The maximum atomic E-state index is 14.8. The van der Waals surface area contributed by atoms with Crippen molar-refractivity contribution < 1.29 is 18.0 Å². The van der Waals surface area contributed by atoms with Gasteiger partial charge in [-0.15, -0.1) is 0 Å². The van der Waals surface area contributed by atoms with Gasteiger partial charge in [0.05, 0.1) is 10.6 Å². The van der Waals surface area contributed by atoms with Gasteiger partial charge in [-0.3, -0.25) is 13.9 Å². The predicted molar refractivity (Wildman–Crippen MR) is 193 cm³/mol. The van der Waals surface area contributed by atoms with E-state index in [4.69, 9.17) is 23.2 Å². The van der Waals surface area contributed by atoms with Crippen LogP contribution in [0.5, 0.6) is 0 Å². The molecule has 2 amide bonds. The average molecular weight is 707 g/mol. The Morgan fingerprint density at radius 1 is 0.812 bits per heavy atom. The number of hydrogen-bond acceptors (Lipinski definition) is 4. The van der Waals surface area contributed by atoms with Crippen LogP contribution in [0, 0.1) is 13.8 Å². The van der Waals surface area contributed by atoms with Crippen LogP contribution < -0.4 is 9.62 Å². The molecule has 0 aliphatic heterocycles. The average Bonchev–Trinajstić information content (AvgIpc) is 3.07. The molecular formula is C38H41Cl2N3O4S. The second kappa shape index (κ2) is 16.0. The molecule has 0 heterocycles. The first-order valence-corrected chi connectivity index (χ1v) is 18.5. The van der Waals surface area contributed by atoms with E-state index in [1.807, 2.05) is 50.2 Å². The highest BCUT2D eigenvalue weighted by Gasteiger charge is 2.36. The van der Waals surface area contributed by atoms with Crippen LogP contribution in [-0.4, -0.2) is 43.8 Å². The van der Waals surface area contributed by atoms with Crippen LogP contribution in [0.25, 0.3) is 0 Å². The third-order valence-corrected chi connectivity index (χ3v) is 11.2. The van der Waals surface area contributed by atoms with E-state index in [-0.39, 0.29) is 29.8 Å². The molecule has 1 saturated carbocycles. The number of benzene rings is 4. The van der Waals surface area contributed by atoms with Crippen LogP contribution in [-0.2, 0) is 32.6 Å². The molecule has 10 heteroatoms. The molecule has 1 fully saturated rings. The highest BCUT2D eigenvalue weighted by molar-refractivity contribution is 7.92. The lowest BCUT2D eigenvalue weighted by molar-refractivity contribution is -0.140. The number of anilines is 1. The van der Waals surface area contributed by atoms with Gasteiger partial charge in [-0.1, -0.05) is 103 Å². The van der Waals surface area contributed by atoms with E-state index in [0.29, 0.717) is 21.3 Å². The molecule has 0 radical (unpaired) electrons. The quantitative estimate of drug-likeness (QED) is 0.162. The first kappa shape index (κ1) is 35.5. The zero-order valence-electron chi connectivity index (χ0n) is 27.2. The van der Waals surface area contributed by atoms with Crippen molar-refractivity contribution >= 4 is 50.7 Å². The maximum absolute atomic E-state index is 14.8. The van der Waals surface area contributed by atoms with Crippen LogP contribution in [0.1, 0.15) is 54.4 Å². The van der Waals surface area contributed by atoms with Gasteiger partial charge in [0.15, 0.2) is 0 Å². The number of nitrogens with zero attached hydrogens (tertiary/aromatic N) is 2. The van der Waals surface area contributed by atoms with Gasteiger partial charge in [-0.25, -0.2) is 8.42 Å². The Labute approximate surface area is 293 Å². The smallest absolute Gasteiger partial charge is 0.264 e. The molecular weight excluding hydrogens is 665 g/mol. The van der Waals surface area contributed by atoms with Crippen molar-refractivity contribution in [3.8, 4) is 0 Å². The first-order valence-electron chi connectivity index (χ1n) is 16.3. The molecule has 5 rings (SSSR count). The summed E-state index contributed by atoms with van der Waals surface area (Å²) < 4.78 is 29.7. The lowest BCUT2D eigenvalue weighted by Gasteiger charge is -2.35. The van der Waals surface area contributed by atoms with Crippen LogP contribution in [0.4, 0.5) is 5.69 Å². The SMILES string of the molecule is Cc1cc(C)cc(N(CC(=O)N(Cc2c(Cl)cccc2Cl)[C@@H](Cc2ccccc2)C(=O)NC2CCCCC2)S(=O)(=O)c2ccccc2)c1. The number of rotatable bonds is 12. The van der Waals surface area contributed by atoms with E-state index in [0.717, 1.165) is 53.1 Å². The highest BCUT2D eigenvalue weighted by atomic mass is 35.5. The van der Waals surface area contributed by atoms with Crippen LogP contribution >= 0.6 is 23.2 Å². The van der Waals surface area contributed by atoms with Crippen LogP contribution in [0.15, 0.2) is 102 Å². The van der Waals surface area contributed by atoms with E-state index < -0.39 is 28.5 Å². The largest absolute Gasteiger partial charge is 0.352 e. The van der Waals surface area contributed by atoms with Gasteiger partial charge in [0.2, 0.25) is 11.8 Å². The minimum absolute atomic E-state index is 0.00407. The molecule has 0 unspecified atom stereocenters. The molecule has 0 aromatic heterocycles. The van der Waals surface area contributed by atoms with Gasteiger partial charge < -0.3 is 10.2 Å². The lowest BCUT2D eigenvalue weighted by atomic mass is 9.94. The van der Waals surface area contributed by atoms with Crippen LogP contribution in [0.2, 0.25) is 10.0 Å². The number of amides is 2. The van der Waals surface area contributed by atoms with E-state index in [1.165, 1.54) is 17.0 Å². The summed E-state index contributed by atoms with van der Waals surface area (Å²) in [4.78, 5) is 30.6. The van der Waals surface area contributed by atoms with E-state index in [2.05, 4.69) is 5.32 Å². The summed E-state index contributed by atoms with van der Waals surface area (Å²) in [6, 6.07) is 27.0. The fraction of sp³-hybridized carbons (Fsp3) is 0.316. The summed E-state index contributed by atoms with van der Waals surface area (Å²) in [5.41, 5.74) is 3.37. The summed E-state index contributed by atoms with van der Waals surface area (Å²) in [7, 11) is -4.20. The van der Waals surface area contributed by atoms with Gasteiger partial charge in [-0.2, -0.15) is 0 Å². The Bertz CT molecular complexity index is 1790. The summed E-state index contributed by atoms with van der Waals surface area (Å²) in [6.07, 6.45) is 5.11. The Morgan fingerprint density at radius 2 is 1.40 bits per heavy atom. The van der Waals surface area contributed by atoms with Crippen molar-refractivity contribution in [3.63, 3.8) is 0 Å². The standard InChI is InChI=1S/C38H41Cl2N3O4S/c1-27-21-28(2)23-31(22-27)43(48(46,47)32-17-10-5-11-18-32)26-37(44)42(25-33-34(39)19-12-20-35(33)40)36(24-29-13-6-3-7-14-29)38(45)41-30-15-8-4-9-16-30/h3,5-7,10-14,17-23,30,36H,4,8-9,15-16,24-26H2,1-2H3,(H,41,45)/t36-/m0/s1. The lowest BCUT2D eigenvalue weighted by Crippen LogP contribution is -2.55. The van der Waals surface area contributed by atoms with Gasteiger partial charge in [-0.05, 0) is 79.8 Å². The fourth-order valence-electron chi connectivity index (χ4n) is 6.30. The zero-order valence-corrected chi connectivity index (χ0v) is 29.6. The minimum atomic E-state index is -4.20. The second-order valence-corrected chi connectivity index (χ2v) is 15.1. The third-order valence-electron chi connectivity index (χ3n) is 8.72. The second-order valence-electron chi connectivity index (χ2n) is 12.4. The fourth-order valence-corrected chi connectivity index (χ4v) is 8.23. The van der Waals surface area contributed by atoms with Gasteiger partial charge >= 0.3 is 0 Å². The number of halogens is 2. The molecule has 4 aromatic rings. The van der Waals surface area contributed by atoms with Crippen molar-refractivity contribution in [2.24, 2.45) is 0 Å². The van der Waals surface area contributed by atoms with Crippen molar-refractivity contribution in [1.82, 2.24) is 10.2 Å². The van der Waals surface area contributed by atoms with Gasteiger partial charge in [0.25, 0.3) is 10.0 Å². The van der Waals surface area contributed by atoms with Crippen molar-refractivity contribution in [3.05, 3.63) is 129 Å². The summed E-state index contributed by atoms with van der Waals surface area (Å²) >= 11 is 13.3. The normalized spacial score (nSPS) is 14.2. The summed E-state index contributed by atoms with van der Waals surface area (Å²) in [5, 5.41) is 3.90. The number of sulfonamides is 1. The first-order chi connectivity index (χ1) is 23.0. The predicted octanol–water partition coefficient (Wildman–Crippen LogP) is 7.89. The Morgan fingerprint density at radius 3 is 2.00 bits per heavy atom. The van der Waals surface area contributed by atoms with E-state index >= 15 is 0 Å². The van der Waals surface area contributed by atoms with E-state index in [1.54, 1.807) is 48.5 Å². The number of hydrogen-bond donors (Lipinski definition) is 1. The molecule has 0 saturated heterocycles. The Kier molecular flexibility index (Phi) is 11.8. The maximum Gasteiger partial charge on any atom is 0.264 e. The van der Waals surface area contributed by atoms with Crippen molar-refractivity contribution in [1.29, 1.82) is 0 Å². The molecule has 7 nitrogen and oxygen atoms in total. The molecule has 252 valence electrons. The van der Waals surface area contributed by atoms with Gasteiger partial charge in [0.1, 0.15) is 12.6 Å². The molecule has 1 aliphatic carbocycles. The molecule has 48 heavy (non-hydrogen) atoms. The van der Waals surface area contributed by atoms with Crippen molar-refractivity contribution in [2.45, 2.75) is 75.9 Å².